The van der Waals surface area contributed by atoms with Crippen molar-refractivity contribution in [3.05, 3.63) is 0 Å². The van der Waals surface area contributed by atoms with Crippen molar-refractivity contribution in [2.45, 2.75) is 12.8 Å². The van der Waals surface area contributed by atoms with Gasteiger partial charge in [-0.15, -0.1) is 0 Å². The maximum atomic E-state index is 10.1. The molecule has 1 saturated heterocycles. The molecule has 0 spiro atoms. The highest BCUT2D eigenvalue weighted by molar-refractivity contribution is 7.96. The van der Waals surface area contributed by atoms with Gasteiger partial charge in [0.25, 0.3) is 0 Å². The van der Waals surface area contributed by atoms with Crippen LogP contribution in [0.25, 0.3) is 0 Å². The Morgan fingerprint density at radius 3 is 2.54 bits per heavy atom. The highest BCUT2D eigenvalue weighted by atomic mass is 32.2. The summed E-state index contributed by atoms with van der Waals surface area (Å²) in [5, 5.41) is 0. The molecule has 1 heterocycles. The standard InChI is InChI=1S/C9H18N2OS/c1-13-11-7-5-10(6-8-11)4-2-3-9-12/h9H,2-8H2,1H3. The lowest BCUT2D eigenvalue weighted by molar-refractivity contribution is -0.108. The van der Waals surface area contributed by atoms with Crippen molar-refractivity contribution in [1.82, 2.24) is 9.21 Å². The molecule has 0 bridgehead atoms. The van der Waals surface area contributed by atoms with E-state index in [0.717, 1.165) is 45.4 Å². The van der Waals surface area contributed by atoms with E-state index in [9.17, 15) is 4.79 Å². The van der Waals surface area contributed by atoms with Gasteiger partial charge in [0.15, 0.2) is 0 Å². The van der Waals surface area contributed by atoms with Gasteiger partial charge in [-0.05, 0) is 19.2 Å². The first kappa shape index (κ1) is 11.0. The molecule has 0 aromatic carbocycles. The van der Waals surface area contributed by atoms with Gasteiger partial charge in [-0.3, -0.25) is 0 Å². The second-order valence-electron chi connectivity index (χ2n) is 3.26. The fourth-order valence-corrected chi connectivity index (χ4v) is 2.06. The van der Waals surface area contributed by atoms with E-state index in [1.807, 2.05) is 11.9 Å². The largest absolute Gasteiger partial charge is 0.303 e. The van der Waals surface area contributed by atoms with Crippen molar-refractivity contribution in [3.8, 4) is 0 Å². The molecule has 0 radical (unpaired) electrons. The van der Waals surface area contributed by atoms with Gasteiger partial charge in [0.2, 0.25) is 0 Å². The molecule has 1 fully saturated rings. The van der Waals surface area contributed by atoms with Crippen molar-refractivity contribution in [2.24, 2.45) is 0 Å². The first-order valence-corrected chi connectivity index (χ1v) is 6.00. The lowest BCUT2D eigenvalue weighted by atomic mass is 10.3. The van der Waals surface area contributed by atoms with Gasteiger partial charge >= 0.3 is 0 Å². The van der Waals surface area contributed by atoms with Crippen LogP contribution in [0.3, 0.4) is 0 Å². The Morgan fingerprint density at radius 1 is 1.31 bits per heavy atom. The molecule has 1 rings (SSSR count). The Hall–Kier alpha value is -0.0600. The number of piperazine rings is 1. The average molecular weight is 202 g/mol. The fourth-order valence-electron chi connectivity index (χ4n) is 1.53. The molecule has 0 aromatic rings. The van der Waals surface area contributed by atoms with Crippen LogP contribution >= 0.6 is 11.9 Å². The minimum Gasteiger partial charge on any atom is -0.303 e. The number of unbranched alkanes of at least 4 members (excludes halogenated alkanes) is 1. The molecule has 3 nitrogen and oxygen atoms in total. The molecule has 0 amide bonds. The Balaban J connectivity index is 2.06. The molecule has 13 heavy (non-hydrogen) atoms. The molecule has 0 aliphatic carbocycles. The quantitative estimate of drug-likeness (QED) is 0.375. The maximum Gasteiger partial charge on any atom is 0.120 e. The van der Waals surface area contributed by atoms with E-state index in [0.29, 0.717) is 6.42 Å². The van der Waals surface area contributed by atoms with E-state index >= 15 is 0 Å². The predicted octanol–water partition coefficient (Wildman–Crippen LogP) is 0.861. The Kier molecular flexibility index (Phi) is 5.43. The minimum atomic E-state index is 0.711. The Morgan fingerprint density at radius 2 is 2.00 bits per heavy atom. The summed E-state index contributed by atoms with van der Waals surface area (Å²) in [7, 11) is 0. The van der Waals surface area contributed by atoms with Crippen LogP contribution in [0.15, 0.2) is 0 Å². The predicted molar refractivity (Wildman–Crippen MR) is 56.8 cm³/mol. The molecule has 0 saturated carbocycles. The Bertz CT molecular complexity index is 147. The van der Waals surface area contributed by atoms with E-state index in [1.54, 1.807) is 0 Å². The third-order valence-electron chi connectivity index (χ3n) is 2.39. The summed E-state index contributed by atoms with van der Waals surface area (Å²) in [6.07, 6.45) is 4.87. The molecule has 4 heteroatoms. The zero-order chi connectivity index (χ0) is 9.52. The zero-order valence-corrected chi connectivity index (χ0v) is 9.05. The van der Waals surface area contributed by atoms with Gasteiger partial charge in [-0.1, -0.05) is 11.9 Å². The zero-order valence-electron chi connectivity index (χ0n) is 8.24. The molecule has 0 unspecified atom stereocenters. The highest BCUT2D eigenvalue weighted by Gasteiger charge is 2.14. The summed E-state index contributed by atoms with van der Waals surface area (Å²) in [4.78, 5) is 12.6. The topological polar surface area (TPSA) is 23.6 Å². The van der Waals surface area contributed by atoms with Crippen LogP contribution in [0, 0.1) is 0 Å². The molecular weight excluding hydrogens is 184 g/mol. The van der Waals surface area contributed by atoms with Gasteiger partial charge < -0.3 is 9.69 Å². The first-order valence-electron chi connectivity index (χ1n) is 4.82. The molecule has 1 aliphatic heterocycles. The normalized spacial score (nSPS) is 20.4. The molecule has 0 atom stereocenters. The van der Waals surface area contributed by atoms with E-state index in [4.69, 9.17) is 0 Å². The number of aldehydes is 1. The fraction of sp³-hybridized carbons (Fsp3) is 0.889. The van der Waals surface area contributed by atoms with E-state index in [1.165, 1.54) is 0 Å². The van der Waals surface area contributed by atoms with E-state index < -0.39 is 0 Å². The van der Waals surface area contributed by atoms with Crippen LogP contribution < -0.4 is 0 Å². The minimum absolute atomic E-state index is 0.711. The van der Waals surface area contributed by atoms with Crippen molar-refractivity contribution in [2.75, 3.05) is 39.0 Å². The van der Waals surface area contributed by atoms with Crippen molar-refractivity contribution in [1.29, 1.82) is 0 Å². The molecule has 0 N–H and O–H groups in total. The summed E-state index contributed by atoms with van der Waals surface area (Å²) >= 11 is 1.83. The van der Waals surface area contributed by atoms with Gasteiger partial charge in [-0.25, -0.2) is 4.31 Å². The van der Waals surface area contributed by atoms with Gasteiger partial charge in [-0.2, -0.15) is 0 Å². The van der Waals surface area contributed by atoms with E-state index in [-0.39, 0.29) is 0 Å². The highest BCUT2D eigenvalue weighted by Crippen LogP contribution is 2.10. The monoisotopic (exact) mass is 202 g/mol. The number of nitrogens with zero attached hydrogens (tertiary/aromatic N) is 2. The maximum absolute atomic E-state index is 10.1. The number of rotatable bonds is 5. The SMILES string of the molecule is CSN1CCN(CCCC=O)CC1. The Labute approximate surface area is 84.6 Å². The number of hydrogen-bond acceptors (Lipinski definition) is 4. The van der Waals surface area contributed by atoms with Crippen LogP contribution in [0.2, 0.25) is 0 Å². The average Bonchev–Trinajstić information content (AvgIpc) is 2.19. The van der Waals surface area contributed by atoms with Gasteiger partial charge in [0.1, 0.15) is 6.29 Å². The molecule has 76 valence electrons. The number of hydrogen-bond donors (Lipinski definition) is 0. The van der Waals surface area contributed by atoms with Gasteiger partial charge in [0, 0.05) is 32.6 Å². The third kappa shape index (κ3) is 4.11. The van der Waals surface area contributed by atoms with Crippen LogP contribution in [0.4, 0.5) is 0 Å². The molecular formula is C9H18N2OS. The summed E-state index contributed by atoms with van der Waals surface area (Å²) in [6.45, 7) is 5.70. The van der Waals surface area contributed by atoms with Crippen molar-refractivity contribution in [3.63, 3.8) is 0 Å². The van der Waals surface area contributed by atoms with Crippen molar-refractivity contribution >= 4 is 18.2 Å². The van der Waals surface area contributed by atoms with Gasteiger partial charge in [0.05, 0.1) is 0 Å². The lowest BCUT2D eigenvalue weighted by Gasteiger charge is -2.32. The second-order valence-corrected chi connectivity index (χ2v) is 4.14. The van der Waals surface area contributed by atoms with Crippen LogP contribution in [0.1, 0.15) is 12.8 Å². The number of carbonyl (C=O) groups excluding carboxylic acids is 1. The smallest absolute Gasteiger partial charge is 0.120 e. The summed E-state index contributed by atoms with van der Waals surface area (Å²) in [6, 6.07) is 0. The molecule has 0 aromatic heterocycles. The van der Waals surface area contributed by atoms with Crippen molar-refractivity contribution < 1.29 is 4.79 Å². The summed E-state index contributed by atoms with van der Waals surface area (Å²) in [5.74, 6) is 0. The second kappa shape index (κ2) is 6.40. The third-order valence-corrected chi connectivity index (χ3v) is 3.27. The lowest BCUT2D eigenvalue weighted by Crippen LogP contribution is -2.43. The molecule has 1 aliphatic rings. The summed E-state index contributed by atoms with van der Waals surface area (Å²) in [5.41, 5.74) is 0. The number of carbonyl (C=O) groups is 1. The van der Waals surface area contributed by atoms with Crippen LogP contribution in [-0.2, 0) is 4.79 Å². The summed E-state index contributed by atoms with van der Waals surface area (Å²) < 4.78 is 2.39. The first-order chi connectivity index (χ1) is 6.36. The van der Waals surface area contributed by atoms with Crippen LogP contribution in [-0.4, -0.2) is 54.5 Å². The van der Waals surface area contributed by atoms with Crippen LogP contribution in [0.5, 0.6) is 0 Å². The van der Waals surface area contributed by atoms with E-state index in [2.05, 4.69) is 15.5 Å².